The molecule has 1 fully saturated rings. The largest absolute Gasteiger partial charge is 0.395 e. The highest BCUT2D eigenvalue weighted by Gasteiger charge is 2.31. The van der Waals surface area contributed by atoms with E-state index in [-0.39, 0.29) is 6.61 Å². The number of aliphatic hydroxyl groups is 1. The average molecular weight is 256 g/mol. The molecule has 3 heteroatoms. The van der Waals surface area contributed by atoms with Gasteiger partial charge >= 0.3 is 0 Å². The van der Waals surface area contributed by atoms with Crippen LogP contribution in [0.2, 0.25) is 0 Å². The van der Waals surface area contributed by atoms with Gasteiger partial charge in [-0.2, -0.15) is 0 Å². The first-order valence-electron chi connectivity index (χ1n) is 7.79. The standard InChI is InChI=1S/C15H32N2O/c1-2-3-10-17(11-12-18)14-15(13-16)8-6-4-5-7-9-15/h18H,2-14,16H2,1H3. The molecule has 0 heterocycles. The van der Waals surface area contributed by atoms with Crippen LogP contribution in [0.15, 0.2) is 0 Å². The molecule has 3 nitrogen and oxygen atoms in total. The molecule has 0 amide bonds. The van der Waals surface area contributed by atoms with E-state index in [4.69, 9.17) is 5.73 Å². The number of unbranched alkanes of at least 4 members (excludes halogenated alkanes) is 1. The Hall–Kier alpha value is -0.120. The van der Waals surface area contributed by atoms with Crippen LogP contribution < -0.4 is 5.73 Å². The van der Waals surface area contributed by atoms with Crippen LogP contribution in [0.1, 0.15) is 58.3 Å². The highest BCUT2D eigenvalue weighted by molar-refractivity contribution is 4.85. The summed E-state index contributed by atoms with van der Waals surface area (Å²) in [7, 11) is 0. The number of nitrogens with zero attached hydrogens (tertiary/aromatic N) is 1. The molecule has 1 saturated carbocycles. The predicted octanol–water partition coefficient (Wildman–Crippen LogP) is 2.38. The fraction of sp³-hybridized carbons (Fsp3) is 1.00. The number of aliphatic hydroxyl groups excluding tert-OH is 1. The zero-order valence-electron chi connectivity index (χ0n) is 12.2. The van der Waals surface area contributed by atoms with Crippen LogP contribution in [0, 0.1) is 5.41 Å². The van der Waals surface area contributed by atoms with Crippen LogP contribution in [0.3, 0.4) is 0 Å². The van der Waals surface area contributed by atoms with Crippen LogP contribution in [-0.4, -0.2) is 42.8 Å². The van der Waals surface area contributed by atoms with E-state index in [9.17, 15) is 5.11 Å². The van der Waals surface area contributed by atoms with Crippen LogP contribution in [0.4, 0.5) is 0 Å². The van der Waals surface area contributed by atoms with E-state index in [2.05, 4.69) is 11.8 Å². The topological polar surface area (TPSA) is 49.5 Å². The maximum Gasteiger partial charge on any atom is 0.0558 e. The van der Waals surface area contributed by atoms with E-state index < -0.39 is 0 Å². The number of nitrogens with two attached hydrogens (primary N) is 1. The van der Waals surface area contributed by atoms with Crippen molar-refractivity contribution in [2.24, 2.45) is 11.1 Å². The molecule has 0 aromatic carbocycles. The third-order valence-corrected chi connectivity index (χ3v) is 4.40. The minimum Gasteiger partial charge on any atom is -0.395 e. The van der Waals surface area contributed by atoms with Crippen molar-refractivity contribution >= 4 is 0 Å². The first-order valence-corrected chi connectivity index (χ1v) is 7.79. The summed E-state index contributed by atoms with van der Waals surface area (Å²) in [5, 5.41) is 9.20. The minimum absolute atomic E-state index is 0.268. The molecule has 1 aliphatic carbocycles. The van der Waals surface area contributed by atoms with Gasteiger partial charge in [-0.15, -0.1) is 0 Å². The first kappa shape index (κ1) is 15.9. The van der Waals surface area contributed by atoms with Crippen molar-refractivity contribution in [1.82, 2.24) is 4.90 Å². The van der Waals surface area contributed by atoms with E-state index in [1.165, 1.54) is 51.4 Å². The van der Waals surface area contributed by atoms with Crippen molar-refractivity contribution in [2.75, 3.05) is 32.8 Å². The summed E-state index contributed by atoms with van der Waals surface area (Å²) < 4.78 is 0. The molecular weight excluding hydrogens is 224 g/mol. The number of rotatable bonds is 8. The van der Waals surface area contributed by atoms with Crippen molar-refractivity contribution in [2.45, 2.75) is 58.3 Å². The molecule has 0 atom stereocenters. The van der Waals surface area contributed by atoms with Gasteiger partial charge in [0.05, 0.1) is 6.61 Å². The summed E-state index contributed by atoms with van der Waals surface area (Å²) in [5.74, 6) is 0. The maximum atomic E-state index is 9.20. The Balaban J connectivity index is 2.55. The molecule has 0 spiro atoms. The molecule has 0 bridgehead atoms. The molecule has 0 saturated heterocycles. The Labute approximate surface area is 113 Å². The lowest BCUT2D eigenvalue weighted by atomic mass is 9.80. The van der Waals surface area contributed by atoms with Crippen molar-refractivity contribution < 1.29 is 5.11 Å². The third-order valence-electron chi connectivity index (χ3n) is 4.40. The summed E-state index contributed by atoms with van der Waals surface area (Å²) in [6.07, 6.45) is 10.4. The first-order chi connectivity index (χ1) is 8.76. The Morgan fingerprint density at radius 3 is 2.28 bits per heavy atom. The molecule has 1 aliphatic rings. The van der Waals surface area contributed by atoms with Gasteiger partial charge in [0, 0.05) is 13.1 Å². The zero-order chi connectivity index (χ0) is 13.3. The smallest absolute Gasteiger partial charge is 0.0558 e. The second kappa shape index (κ2) is 8.89. The van der Waals surface area contributed by atoms with Gasteiger partial charge in [-0.1, -0.05) is 39.0 Å². The molecule has 0 aromatic heterocycles. The van der Waals surface area contributed by atoms with Gasteiger partial charge in [-0.25, -0.2) is 0 Å². The maximum absolute atomic E-state index is 9.20. The minimum atomic E-state index is 0.268. The lowest BCUT2D eigenvalue weighted by Gasteiger charge is -2.37. The van der Waals surface area contributed by atoms with Crippen LogP contribution >= 0.6 is 0 Å². The van der Waals surface area contributed by atoms with Gasteiger partial charge in [-0.3, -0.25) is 0 Å². The SMILES string of the molecule is CCCCN(CCO)CC1(CN)CCCCCC1. The van der Waals surface area contributed by atoms with Crippen LogP contribution in [0.5, 0.6) is 0 Å². The highest BCUT2D eigenvalue weighted by Crippen LogP contribution is 2.35. The molecule has 3 N–H and O–H groups in total. The zero-order valence-corrected chi connectivity index (χ0v) is 12.2. The van der Waals surface area contributed by atoms with Gasteiger partial charge in [0.1, 0.15) is 0 Å². The molecule has 1 rings (SSSR count). The normalized spacial score (nSPS) is 20.0. The third kappa shape index (κ3) is 5.25. The highest BCUT2D eigenvalue weighted by atomic mass is 16.3. The van der Waals surface area contributed by atoms with Crippen LogP contribution in [-0.2, 0) is 0 Å². The molecule has 0 unspecified atom stereocenters. The van der Waals surface area contributed by atoms with E-state index in [1.54, 1.807) is 0 Å². The molecular formula is C15H32N2O. The van der Waals surface area contributed by atoms with Crippen LogP contribution in [0.25, 0.3) is 0 Å². The van der Waals surface area contributed by atoms with Crippen molar-refractivity contribution in [3.63, 3.8) is 0 Å². The van der Waals surface area contributed by atoms with Crippen molar-refractivity contribution in [3.05, 3.63) is 0 Å². The number of hydrogen-bond donors (Lipinski definition) is 2. The van der Waals surface area contributed by atoms with Gasteiger partial charge in [0.15, 0.2) is 0 Å². The average Bonchev–Trinajstić information content (AvgIpc) is 2.62. The Bertz CT molecular complexity index is 201. The summed E-state index contributed by atoms with van der Waals surface area (Å²) >= 11 is 0. The second-order valence-corrected chi connectivity index (χ2v) is 5.97. The Morgan fingerprint density at radius 2 is 1.78 bits per heavy atom. The van der Waals surface area contributed by atoms with Gasteiger partial charge in [-0.05, 0) is 37.8 Å². The summed E-state index contributed by atoms with van der Waals surface area (Å²) in [5.41, 5.74) is 6.41. The quantitative estimate of drug-likeness (QED) is 0.656. The molecule has 18 heavy (non-hydrogen) atoms. The van der Waals surface area contributed by atoms with E-state index in [0.29, 0.717) is 5.41 Å². The molecule has 108 valence electrons. The second-order valence-electron chi connectivity index (χ2n) is 5.97. The Morgan fingerprint density at radius 1 is 1.11 bits per heavy atom. The van der Waals surface area contributed by atoms with Gasteiger partial charge in [0.2, 0.25) is 0 Å². The molecule has 0 radical (unpaired) electrons. The van der Waals surface area contributed by atoms with Crippen molar-refractivity contribution in [1.29, 1.82) is 0 Å². The fourth-order valence-corrected chi connectivity index (χ4v) is 3.17. The summed E-state index contributed by atoms with van der Waals surface area (Å²) in [6, 6.07) is 0. The van der Waals surface area contributed by atoms with E-state index in [0.717, 1.165) is 26.2 Å². The fourth-order valence-electron chi connectivity index (χ4n) is 3.17. The van der Waals surface area contributed by atoms with E-state index in [1.807, 2.05) is 0 Å². The van der Waals surface area contributed by atoms with Crippen molar-refractivity contribution in [3.8, 4) is 0 Å². The Kier molecular flexibility index (Phi) is 7.87. The van der Waals surface area contributed by atoms with Gasteiger partial charge < -0.3 is 15.7 Å². The van der Waals surface area contributed by atoms with Gasteiger partial charge in [0.25, 0.3) is 0 Å². The summed E-state index contributed by atoms with van der Waals surface area (Å²) in [4.78, 5) is 2.43. The lowest BCUT2D eigenvalue weighted by Crippen LogP contribution is -2.43. The van der Waals surface area contributed by atoms with E-state index >= 15 is 0 Å². The number of hydrogen-bond acceptors (Lipinski definition) is 3. The molecule has 0 aliphatic heterocycles. The lowest BCUT2D eigenvalue weighted by molar-refractivity contribution is 0.114. The monoisotopic (exact) mass is 256 g/mol. The molecule has 0 aromatic rings. The predicted molar refractivity (Wildman–Crippen MR) is 77.6 cm³/mol. The summed E-state index contributed by atoms with van der Waals surface area (Å²) in [6.45, 7) is 6.30.